The lowest BCUT2D eigenvalue weighted by Gasteiger charge is -2.38. The molecule has 1 amide bonds. The highest BCUT2D eigenvalue weighted by molar-refractivity contribution is 6.35. The van der Waals surface area contributed by atoms with Crippen LogP contribution >= 0.6 is 23.2 Å². The van der Waals surface area contributed by atoms with Crippen molar-refractivity contribution in [2.75, 3.05) is 13.1 Å². The normalized spacial score (nSPS) is 20.9. The van der Waals surface area contributed by atoms with Crippen LogP contribution in [0.15, 0.2) is 18.2 Å². The lowest BCUT2D eigenvalue weighted by molar-refractivity contribution is -0.143. The van der Waals surface area contributed by atoms with E-state index in [1.54, 1.807) is 18.2 Å². The Kier molecular flexibility index (Phi) is 5.08. The van der Waals surface area contributed by atoms with Crippen molar-refractivity contribution in [3.05, 3.63) is 33.8 Å². The van der Waals surface area contributed by atoms with E-state index in [0.29, 0.717) is 23.1 Å². The molecular formula is C14H16Cl2N2O3. The van der Waals surface area contributed by atoms with Crippen LogP contribution in [0.3, 0.4) is 0 Å². The van der Waals surface area contributed by atoms with Crippen LogP contribution < -0.4 is 5.32 Å². The number of piperazine rings is 1. The first-order chi connectivity index (χ1) is 9.90. The van der Waals surface area contributed by atoms with Gasteiger partial charge in [0, 0.05) is 29.2 Å². The molecule has 1 heterocycles. The van der Waals surface area contributed by atoms with Crippen LogP contribution in [0.1, 0.15) is 24.9 Å². The van der Waals surface area contributed by atoms with Crippen molar-refractivity contribution in [2.45, 2.75) is 25.4 Å². The van der Waals surface area contributed by atoms with Crippen molar-refractivity contribution in [1.29, 1.82) is 0 Å². The Morgan fingerprint density at radius 3 is 2.86 bits per heavy atom. The van der Waals surface area contributed by atoms with Crippen LogP contribution in [0.2, 0.25) is 10.0 Å². The number of carboxylic acid groups (broad SMARTS) is 1. The van der Waals surface area contributed by atoms with E-state index in [4.69, 9.17) is 28.3 Å². The van der Waals surface area contributed by atoms with Crippen molar-refractivity contribution in [2.24, 2.45) is 0 Å². The van der Waals surface area contributed by atoms with Gasteiger partial charge in [0.1, 0.15) is 6.04 Å². The molecule has 1 aliphatic rings. The average Bonchev–Trinajstić information content (AvgIpc) is 2.40. The predicted octanol–water partition coefficient (Wildman–Crippen LogP) is 2.33. The largest absolute Gasteiger partial charge is 0.481 e. The minimum absolute atomic E-state index is 0.176. The first-order valence-electron chi connectivity index (χ1n) is 6.60. The summed E-state index contributed by atoms with van der Waals surface area (Å²) in [5.74, 6) is -1.27. The number of carbonyl (C=O) groups excluding carboxylic acids is 1. The average molecular weight is 331 g/mol. The molecule has 0 aromatic heterocycles. The van der Waals surface area contributed by atoms with Gasteiger partial charge in [-0.3, -0.25) is 14.5 Å². The van der Waals surface area contributed by atoms with E-state index >= 15 is 0 Å². The number of aliphatic carboxylic acids is 1. The van der Waals surface area contributed by atoms with E-state index in [1.807, 2.05) is 11.8 Å². The first kappa shape index (κ1) is 16.1. The smallest absolute Gasteiger partial charge is 0.305 e. The fraction of sp³-hybridized carbons (Fsp3) is 0.429. The van der Waals surface area contributed by atoms with Gasteiger partial charge < -0.3 is 10.4 Å². The highest BCUT2D eigenvalue weighted by Crippen LogP contribution is 2.31. The summed E-state index contributed by atoms with van der Waals surface area (Å²) in [6, 6.07) is 4.31. The molecule has 0 bridgehead atoms. The summed E-state index contributed by atoms with van der Waals surface area (Å²) < 4.78 is 0. The van der Waals surface area contributed by atoms with E-state index in [0.717, 1.165) is 5.56 Å². The van der Waals surface area contributed by atoms with Gasteiger partial charge in [-0.05, 0) is 24.6 Å². The van der Waals surface area contributed by atoms with Gasteiger partial charge in [-0.15, -0.1) is 0 Å². The number of hydrogen-bond donors (Lipinski definition) is 2. The molecule has 5 nitrogen and oxygen atoms in total. The molecule has 2 unspecified atom stereocenters. The molecule has 0 aliphatic carbocycles. The number of amides is 1. The van der Waals surface area contributed by atoms with E-state index < -0.39 is 12.0 Å². The second kappa shape index (κ2) is 6.64. The second-order valence-corrected chi connectivity index (χ2v) is 5.83. The van der Waals surface area contributed by atoms with Crippen molar-refractivity contribution in [3.8, 4) is 0 Å². The highest BCUT2D eigenvalue weighted by Gasteiger charge is 2.35. The Morgan fingerprint density at radius 2 is 2.24 bits per heavy atom. The van der Waals surface area contributed by atoms with E-state index in [-0.39, 0.29) is 18.4 Å². The number of carboxylic acids is 1. The third-order valence-electron chi connectivity index (χ3n) is 3.65. The third-order valence-corrected chi connectivity index (χ3v) is 4.21. The molecule has 1 saturated heterocycles. The van der Waals surface area contributed by atoms with Crippen molar-refractivity contribution >= 4 is 35.1 Å². The first-order valence-corrected chi connectivity index (χ1v) is 7.36. The summed E-state index contributed by atoms with van der Waals surface area (Å²) >= 11 is 12.1. The van der Waals surface area contributed by atoms with Gasteiger partial charge in [0.2, 0.25) is 5.91 Å². The lowest BCUT2D eigenvalue weighted by atomic mass is 10.0. The molecule has 7 heteroatoms. The topological polar surface area (TPSA) is 69.6 Å². The standard InChI is InChI=1S/C14H16Cl2N2O3/c1-8(10-3-2-9(15)6-11(10)16)18-5-4-17-14(21)12(18)7-13(19)20/h2-3,6,8,12H,4-5,7H2,1H3,(H,17,21)(H,19,20). The van der Waals surface area contributed by atoms with E-state index in [2.05, 4.69) is 5.32 Å². The number of nitrogens with one attached hydrogen (secondary N) is 1. The van der Waals surface area contributed by atoms with Crippen LogP contribution in [-0.2, 0) is 9.59 Å². The van der Waals surface area contributed by atoms with Crippen molar-refractivity contribution < 1.29 is 14.7 Å². The molecule has 21 heavy (non-hydrogen) atoms. The van der Waals surface area contributed by atoms with E-state index in [1.165, 1.54) is 0 Å². The molecule has 0 radical (unpaired) electrons. The minimum Gasteiger partial charge on any atom is -0.481 e. The second-order valence-electron chi connectivity index (χ2n) is 4.98. The third kappa shape index (κ3) is 3.67. The fourth-order valence-corrected chi connectivity index (χ4v) is 3.16. The molecule has 2 rings (SSSR count). The van der Waals surface area contributed by atoms with Crippen LogP contribution in [0.25, 0.3) is 0 Å². The monoisotopic (exact) mass is 330 g/mol. The predicted molar refractivity (Wildman–Crippen MR) is 80.6 cm³/mol. The lowest BCUT2D eigenvalue weighted by Crippen LogP contribution is -2.56. The Morgan fingerprint density at radius 1 is 1.52 bits per heavy atom. The van der Waals surface area contributed by atoms with Crippen LogP contribution in [0.5, 0.6) is 0 Å². The summed E-state index contributed by atoms with van der Waals surface area (Å²) in [5, 5.41) is 12.7. The number of benzene rings is 1. The highest BCUT2D eigenvalue weighted by atomic mass is 35.5. The molecule has 1 fully saturated rings. The molecule has 1 aliphatic heterocycles. The van der Waals surface area contributed by atoms with Gasteiger partial charge in [0.25, 0.3) is 0 Å². The van der Waals surface area contributed by atoms with E-state index in [9.17, 15) is 9.59 Å². The fourth-order valence-electron chi connectivity index (χ4n) is 2.59. The summed E-state index contributed by atoms with van der Waals surface area (Å²) in [6.07, 6.45) is -0.235. The summed E-state index contributed by atoms with van der Waals surface area (Å²) in [5.41, 5.74) is 0.825. The quantitative estimate of drug-likeness (QED) is 0.888. The summed E-state index contributed by atoms with van der Waals surface area (Å²) in [6.45, 7) is 2.97. The van der Waals surface area contributed by atoms with Gasteiger partial charge in [-0.1, -0.05) is 29.3 Å². The number of rotatable bonds is 4. The zero-order chi connectivity index (χ0) is 15.6. The maximum Gasteiger partial charge on any atom is 0.305 e. The van der Waals surface area contributed by atoms with Gasteiger partial charge in [0.15, 0.2) is 0 Å². The van der Waals surface area contributed by atoms with Crippen molar-refractivity contribution in [3.63, 3.8) is 0 Å². The maximum atomic E-state index is 11.9. The van der Waals surface area contributed by atoms with Crippen LogP contribution in [0, 0.1) is 0 Å². The van der Waals surface area contributed by atoms with Gasteiger partial charge in [-0.25, -0.2) is 0 Å². The molecular weight excluding hydrogens is 315 g/mol. The molecule has 2 N–H and O–H groups in total. The maximum absolute atomic E-state index is 11.9. The molecule has 114 valence electrons. The molecule has 0 spiro atoms. The Labute approximate surface area is 132 Å². The van der Waals surface area contributed by atoms with Gasteiger partial charge in [0.05, 0.1) is 6.42 Å². The number of hydrogen-bond acceptors (Lipinski definition) is 3. The Bertz CT molecular complexity index is 565. The molecule has 1 aromatic rings. The zero-order valence-electron chi connectivity index (χ0n) is 11.5. The Balaban J connectivity index is 2.27. The molecule has 1 aromatic carbocycles. The number of nitrogens with zero attached hydrogens (tertiary/aromatic N) is 1. The SMILES string of the molecule is CC(c1ccc(Cl)cc1Cl)N1CCNC(=O)C1CC(=O)O. The van der Waals surface area contributed by atoms with Gasteiger partial charge in [-0.2, -0.15) is 0 Å². The number of halogens is 2. The zero-order valence-corrected chi connectivity index (χ0v) is 13.0. The van der Waals surface area contributed by atoms with Crippen LogP contribution in [-0.4, -0.2) is 41.0 Å². The summed E-state index contributed by atoms with van der Waals surface area (Å²) in [7, 11) is 0. The van der Waals surface area contributed by atoms with Crippen molar-refractivity contribution in [1.82, 2.24) is 10.2 Å². The molecule has 2 atom stereocenters. The number of carbonyl (C=O) groups is 2. The van der Waals surface area contributed by atoms with Gasteiger partial charge >= 0.3 is 5.97 Å². The van der Waals surface area contributed by atoms with Crippen LogP contribution in [0.4, 0.5) is 0 Å². The summed E-state index contributed by atoms with van der Waals surface area (Å²) in [4.78, 5) is 24.8. The minimum atomic E-state index is -1.00. The molecule has 0 saturated carbocycles. The Hall–Kier alpha value is -1.30.